The van der Waals surface area contributed by atoms with Crippen LogP contribution in [0.5, 0.6) is 0 Å². The first kappa shape index (κ1) is 15.5. The lowest BCUT2D eigenvalue weighted by Crippen LogP contribution is -2.12. The predicted molar refractivity (Wildman–Crippen MR) is 79.4 cm³/mol. The molecule has 0 aliphatic rings. The first-order valence-electron chi connectivity index (χ1n) is 7.14. The number of hydrogen-bond donors (Lipinski definition) is 0. The Morgan fingerprint density at radius 1 is 1.26 bits per heavy atom. The van der Waals surface area contributed by atoms with Gasteiger partial charge in [0.15, 0.2) is 0 Å². The smallest absolute Gasteiger partial charge is 0.338 e. The summed E-state index contributed by atoms with van der Waals surface area (Å²) in [6.45, 7) is 6.15. The van der Waals surface area contributed by atoms with Crippen molar-refractivity contribution in [3.63, 3.8) is 0 Å². The molecule has 1 unspecified atom stereocenters. The van der Waals surface area contributed by atoms with Gasteiger partial charge in [-0.15, -0.1) is 0 Å². The largest absolute Gasteiger partial charge is 0.455 e. The van der Waals surface area contributed by atoms with Crippen LogP contribution in [0.25, 0.3) is 0 Å². The van der Waals surface area contributed by atoms with Crippen LogP contribution in [0.3, 0.4) is 0 Å². The first-order valence-corrected chi connectivity index (χ1v) is 7.14. The molecule has 0 aliphatic carbocycles. The number of rotatable bonds is 7. The van der Waals surface area contributed by atoms with Crippen LogP contribution >= 0.6 is 0 Å². The van der Waals surface area contributed by atoms with Crippen LogP contribution in [0.15, 0.2) is 36.4 Å². The van der Waals surface area contributed by atoms with Crippen molar-refractivity contribution in [2.75, 3.05) is 0 Å². The van der Waals surface area contributed by atoms with Crippen LogP contribution in [0.1, 0.15) is 56.0 Å². The molecule has 0 spiro atoms. The lowest BCUT2D eigenvalue weighted by Gasteiger charge is -2.09. The molecule has 0 heterocycles. The molecule has 1 aromatic carbocycles. The summed E-state index contributed by atoms with van der Waals surface area (Å²) < 4.78 is 5.36. The van der Waals surface area contributed by atoms with E-state index >= 15 is 0 Å². The number of benzene rings is 1. The van der Waals surface area contributed by atoms with Crippen LogP contribution in [-0.2, 0) is 11.2 Å². The van der Waals surface area contributed by atoms with Crippen LogP contribution < -0.4 is 0 Å². The van der Waals surface area contributed by atoms with Crippen LogP contribution in [0, 0.1) is 0 Å². The molecule has 0 aliphatic heterocycles. The molecule has 0 saturated heterocycles. The number of hydrogen-bond acceptors (Lipinski definition) is 2. The SMILES string of the molecule is CCCC/C=C/C(C)OC(=O)c1ccc(CC)cc1. The van der Waals surface area contributed by atoms with Crippen molar-refractivity contribution in [1.29, 1.82) is 0 Å². The summed E-state index contributed by atoms with van der Waals surface area (Å²) >= 11 is 0. The molecule has 1 aromatic rings. The number of allylic oxidation sites excluding steroid dienone is 1. The Kier molecular flexibility index (Phi) is 6.94. The quantitative estimate of drug-likeness (QED) is 0.408. The first-order chi connectivity index (χ1) is 9.17. The second kappa shape index (κ2) is 8.52. The Morgan fingerprint density at radius 2 is 1.95 bits per heavy atom. The summed E-state index contributed by atoms with van der Waals surface area (Å²) in [4.78, 5) is 11.9. The Hall–Kier alpha value is -1.57. The summed E-state index contributed by atoms with van der Waals surface area (Å²) in [5, 5.41) is 0. The highest BCUT2D eigenvalue weighted by Gasteiger charge is 2.09. The third kappa shape index (κ3) is 5.73. The van der Waals surface area contributed by atoms with E-state index in [0.717, 1.165) is 12.8 Å². The second-order valence-corrected chi connectivity index (χ2v) is 4.73. The van der Waals surface area contributed by atoms with E-state index in [1.807, 2.05) is 37.3 Å². The molecule has 2 nitrogen and oxygen atoms in total. The van der Waals surface area contributed by atoms with Crippen LogP contribution in [0.4, 0.5) is 0 Å². The molecule has 0 aromatic heterocycles. The van der Waals surface area contributed by atoms with Gasteiger partial charge in [0.1, 0.15) is 6.10 Å². The number of aryl methyl sites for hydroxylation is 1. The van der Waals surface area contributed by atoms with Gasteiger partial charge < -0.3 is 4.74 Å². The average molecular weight is 260 g/mol. The van der Waals surface area contributed by atoms with Gasteiger partial charge in [-0.05, 0) is 43.5 Å². The Labute approximate surface area is 116 Å². The monoisotopic (exact) mass is 260 g/mol. The van der Waals surface area contributed by atoms with Gasteiger partial charge in [0.25, 0.3) is 0 Å². The summed E-state index contributed by atoms with van der Waals surface area (Å²) in [6, 6.07) is 7.60. The van der Waals surface area contributed by atoms with Gasteiger partial charge in [0, 0.05) is 0 Å². The van der Waals surface area contributed by atoms with Gasteiger partial charge >= 0.3 is 5.97 Å². The fraction of sp³-hybridized carbons (Fsp3) is 0.471. The van der Waals surface area contributed by atoms with Gasteiger partial charge in [-0.3, -0.25) is 0 Å². The van der Waals surface area contributed by atoms with Crippen molar-refractivity contribution in [1.82, 2.24) is 0 Å². The van der Waals surface area contributed by atoms with Gasteiger partial charge in [0.05, 0.1) is 5.56 Å². The van der Waals surface area contributed by atoms with Crippen molar-refractivity contribution < 1.29 is 9.53 Å². The third-order valence-electron chi connectivity index (χ3n) is 3.02. The van der Waals surface area contributed by atoms with E-state index in [1.54, 1.807) is 0 Å². The molecule has 0 N–H and O–H groups in total. The third-order valence-corrected chi connectivity index (χ3v) is 3.02. The minimum Gasteiger partial charge on any atom is -0.455 e. The maximum Gasteiger partial charge on any atom is 0.338 e. The van der Waals surface area contributed by atoms with E-state index in [9.17, 15) is 4.79 Å². The van der Waals surface area contributed by atoms with E-state index in [-0.39, 0.29) is 12.1 Å². The van der Waals surface area contributed by atoms with E-state index in [0.29, 0.717) is 5.56 Å². The lowest BCUT2D eigenvalue weighted by molar-refractivity contribution is 0.0424. The highest BCUT2D eigenvalue weighted by molar-refractivity contribution is 5.89. The highest BCUT2D eigenvalue weighted by atomic mass is 16.5. The number of carbonyl (C=O) groups is 1. The molecular weight excluding hydrogens is 236 g/mol. The lowest BCUT2D eigenvalue weighted by atomic mass is 10.1. The Bertz CT molecular complexity index is 404. The fourth-order valence-corrected chi connectivity index (χ4v) is 1.76. The molecule has 0 fully saturated rings. The van der Waals surface area contributed by atoms with E-state index in [2.05, 4.69) is 19.9 Å². The van der Waals surface area contributed by atoms with Crippen molar-refractivity contribution in [2.24, 2.45) is 0 Å². The van der Waals surface area contributed by atoms with E-state index < -0.39 is 0 Å². The van der Waals surface area contributed by atoms with Crippen molar-refractivity contribution in [3.8, 4) is 0 Å². The molecule has 0 radical (unpaired) electrons. The zero-order valence-corrected chi connectivity index (χ0v) is 12.2. The van der Waals surface area contributed by atoms with Crippen molar-refractivity contribution >= 4 is 5.97 Å². The topological polar surface area (TPSA) is 26.3 Å². The molecule has 2 heteroatoms. The second-order valence-electron chi connectivity index (χ2n) is 4.73. The molecule has 1 atom stereocenters. The zero-order chi connectivity index (χ0) is 14.1. The standard InChI is InChI=1S/C17H24O2/c1-4-6-7-8-9-14(3)19-17(18)16-12-10-15(5-2)11-13-16/h8-14H,4-7H2,1-3H3/b9-8+. The maximum atomic E-state index is 11.9. The number of ether oxygens (including phenoxy) is 1. The molecule has 0 bridgehead atoms. The average Bonchev–Trinajstić information content (AvgIpc) is 2.43. The minimum absolute atomic E-state index is 0.171. The fourth-order valence-electron chi connectivity index (χ4n) is 1.76. The van der Waals surface area contributed by atoms with Crippen molar-refractivity contribution in [2.45, 2.75) is 52.6 Å². The normalized spacial score (nSPS) is 12.6. The number of unbranched alkanes of at least 4 members (excludes halogenated alkanes) is 2. The summed E-state index contributed by atoms with van der Waals surface area (Å²) in [5.41, 5.74) is 1.84. The van der Waals surface area contributed by atoms with E-state index in [4.69, 9.17) is 4.74 Å². The van der Waals surface area contributed by atoms with Gasteiger partial charge in [0.2, 0.25) is 0 Å². The highest BCUT2D eigenvalue weighted by Crippen LogP contribution is 2.08. The van der Waals surface area contributed by atoms with Gasteiger partial charge in [-0.2, -0.15) is 0 Å². The molecule has 0 amide bonds. The maximum absolute atomic E-state index is 11.9. The van der Waals surface area contributed by atoms with Gasteiger partial charge in [-0.1, -0.05) is 44.9 Å². The minimum atomic E-state index is -0.254. The van der Waals surface area contributed by atoms with Crippen LogP contribution in [-0.4, -0.2) is 12.1 Å². The van der Waals surface area contributed by atoms with Crippen molar-refractivity contribution in [3.05, 3.63) is 47.5 Å². The Morgan fingerprint density at radius 3 is 2.53 bits per heavy atom. The summed E-state index contributed by atoms with van der Waals surface area (Å²) in [5.74, 6) is -0.254. The summed E-state index contributed by atoms with van der Waals surface area (Å²) in [7, 11) is 0. The zero-order valence-electron chi connectivity index (χ0n) is 12.2. The summed E-state index contributed by atoms with van der Waals surface area (Å²) in [6.07, 6.45) is 8.25. The molecule has 0 saturated carbocycles. The Balaban J connectivity index is 2.46. The molecular formula is C17H24O2. The molecule has 1 rings (SSSR count). The number of esters is 1. The number of carbonyl (C=O) groups excluding carboxylic acids is 1. The van der Waals surface area contributed by atoms with Crippen LogP contribution in [0.2, 0.25) is 0 Å². The molecule has 104 valence electrons. The predicted octanol–water partition coefficient (Wildman–Crippen LogP) is 4.54. The van der Waals surface area contributed by atoms with Gasteiger partial charge in [-0.25, -0.2) is 4.79 Å². The molecule has 19 heavy (non-hydrogen) atoms. The van der Waals surface area contributed by atoms with E-state index in [1.165, 1.54) is 18.4 Å².